The smallest absolute Gasteiger partial charge is 0.255 e. The quantitative estimate of drug-likeness (QED) is 0.905. The first-order chi connectivity index (χ1) is 10.2. The summed E-state index contributed by atoms with van der Waals surface area (Å²) in [6, 6.07) is 11.5. The van der Waals surface area contributed by atoms with Crippen molar-refractivity contribution in [3.63, 3.8) is 0 Å². The Balaban J connectivity index is 1.83. The van der Waals surface area contributed by atoms with Gasteiger partial charge in [0.1, 0.15) is 5.75 Å². The maximum atomic E-state index is 12.4. The fraction of sp³-hybridized carbons (Fsp3) is 0.235. The Morgan fingerprint density at radius 2 is 1.95 bits per heavy atom. The van der Waals surface area contributed by atoms with E-state index in [4.69, 9.17) is 4.74 Å². The molecule has 0 unspecified atom stereocenters. The van der Waals surface area contributed by atoms with E-state index >= 15 is 0 Å². The van der Waals surface area contributed by atoms with E-state index in [1.165, 1.54) is 17.5 Å². The van der Waals surface area contributed by atoms with Gasteiger partial charge in [0, 0.05) is 16.1 Å². The minimum absolute atomic E-state index is 0.0985. The minimum Gasteiger partial charge on any atom is -0.497 e. The van der Waals surface area contributed by atoms with Gasteiger partial charge in [-0.3, -0.25) is 4.79 Å². The number of amides is 1. The maximum absolute atomic E-state index is 12.4. The van der Waals surface area contributed by atoms with E-state index in [-0.39, 0.29) is 5.91 Å². The second-order valence-corrected chi connectivity index (χ2v) is 5.99. The van der Waals surface area contributed by atoms with Crippen LogP contribution in [0.5, 0.6) is 5.75 Å². The summed E-state index contributed by atoms with van der Waals surface area (Å²) in [7, 11) is 1.61. The zero-order valence-electron chi connectivity index (χ0n) is 11.8. The average Bonchev–Trinajstić information content (AvgIpc) is 2.96. The van der Waals surface area contributed by atoms with Gasteiger partial charge in [-0.15, -0.1) is 0 Å². The number of hydrogen-bond donors (Lipinski definition) is 1. The summed E-state index contributed by atoms with van der Waals surface area (Å²) in [5.41, 5.74) is 4.08. The Morgan fingerprint density at radius 3 is 2.76 bits per heavy atom. The summed E-state index contributed by atoms with van der Waals surface area (Å²) >= 11 is 3.44. The lowest BCUT2D eigenvalue weighted by atomic mass is 10.1. The van der Waals surface area contributed by atoms with Gasteiger partial charge in [0.15, 0.2) is 0 Å². The second-order valence-electron chi connectivity index (χ2n) is 5.14. The molecule has 1 amide bonds. The number of fused-ring (bicyclic) bond motifs is 1. The first-order valence-corrected chi connectivity index (χ1v) is 7.73. The molecule has 0 saturated heterocycles. The van der Waals surface area contributed by atoms with Crippen LogP contribution in [0.4, 0.5) is 5.69 Å². The zero-order valence-corrected chi connectivity index (χ0v) is 13.4. The van der Waals surface area contributed by atoms with Crippen molar-refractivity contribution in [2.45, 2.75) is 19.3 Å². The molecule has 1 N–H and O–H groups in total. The van der Waals surface area contributed by atoms with Crippen LogP contribution in [0.2, 0.25) is 0 Å². The molecule has 0 aromatic heterocycles. The van der Waals surface area contributed by atoms with Gasteiger partial charge >= 0.3 is 0 Å². The molecule has 108 valence electrons. The van der Waals surface area contributed by atoms with E-state index in [9.17, 15) is 4.79 Å². The molecule has 0 saturated carbocycles. The fourth-order valence-corrected chi connectivity index (χ4v) is 2.98. The molecule has 2 aromatic rings. The van der Waals surface area contributed by atoms with E-state index in [1.807, 2.05) is 24.3 Å². The number of ether oxygens (including phenoxy) is 1. The third-order valence-electron chi connectivity index (χ3n) is 3.78. The lowest BCUT2D eigenvalue weighted by Gasteiger charge is -2.10. The van der Waals surface area contributed by atoms with Crippen LogP contribution in [0.15, 0.2) is 40.9 Å². The van der Waals surface area contributed by atoms with Crippen molar-refractivity contribution in [1.29, 1.82) is 0 Å². The molecule has 1 aliphatic rings. The van der Waals surface area contributed by atoms with Crippen molar-refractivity contribution in [3.05, 3.63) is 57.6 Å². The highest BCUT2D eigenvalue weighted by Crippen LogP contribution is 2.28. The molecule has 3 rings (SSSR count). The minimum atomic E-state index is -0.0985. The molecule has 1 aliphatic carbocycles. The fourth-order valence-electron chi connectivity index (χ4n) is 2.63. The van der Waals surface area contributed by atoms with E-state index in [0.29, 0.717) is 17.0 Å². The number of carbonyl (C=O) groups is 1. The van der Waals surface area contributed by atoms with Crippen molar-refractivity contribution in [2.24, 2.45) is 0 Å². The van der Waals surface area contributed by atoms with E-state index in [0.717, 1.165) is 17.3 Å². The number of anilines is 1. The van der Waals surface area contributed by atoms with Crippen molar-refractivity contribution in [1.82, 2.24) is 0 Å². The zero-order chi connectivity index (χ0) is 14.8. The first-order valence-electron chi connectivity index (χ1n) is 6.94. The lowest BCUT2D eigenvalue weighted by molar-refractivity contribution is 0.102. The SMILES string of the molecule is COc1ccc(Br)c(NC(=O)c2ccc3c(c2)CCC3)c1. The number of nitrogens with one attached hydrogen (secondary N) is 1. The predicted octanol–water partition coefficient (Wildman–Crippen LogP) is 4.20. The molecule has 0 aliphatic heterocycles. The standard InChI is InChI=1S/C17H16BrNO2/c1-21-14-7-8-15(18)16(10-14)19-17(20)13-6-5-11-3-2-4-12(11)9-13/h5-10H,2-4H2,1H3,(H,19,20). The molecule has 0 heterocycles. The van der Waals surface area contributed by atoms with Gasteiger partial charge in [-0.1, -0.05) is 6.07 Å². The van der Waals surface area contributed by atoms with Crippen molar-refractivity contribution in [3.8, 4) is 5.75 Å². The summed E-state index contributed by atoms with van der Waals surface area (Å²) in [5.74, 6) is 0.612. The Morgan fingerprint density at radius 1 is 1.14 bits per heavy atom. The summed E-state index contributed by atoms with van der Waals surface area (Å²) in [4.78, 5) is 12.4. The topological polar surface area (TPSA) is 38.3 Å². The van der Waals surface area contributed by atoms with Crippen LogP contribution in [0.3, 0.4) is 0 Å². The molecule has 0 radical (unpaired) electrons. The third-order valence-corrected chi connectivity index (χ3v) is 4.47. The van der Waals surface area contributed by atoms with Crippen LogP contribution in [0.25, 0.3) is 0 Å². The van der Waals surface area contributed by atoms with Crippen LogP contribution in [0, 0.1) is 0 Å². The van der Waals surface area contributed by atoms with Crippen molar-refractivity contribution in [2.75, 3.05) is 12.4 Å². The molecule has 21 heavy (non-hydrogen) atoms. The Labute approximate surface area is 132 Å². The van der Waals surface area contributed by atoms with Crippen LogP contribution in [-0.4, -0.2) is 13.0 Å². The van der Waals surface area contributed by atoms with Gasteiger partial charge in [0.05, 0.1) is 12.8 Å². The van der Waals surface area contributed by atoms with Crippen molar-refractivity contribution >= 4 is 27.5 Å². The van der Waals surface area contributed by atoms with E-state index in [1.54, 1.807) is 13.2 Å². The Hall–Kier alpha value is -1.81. The highest BCUT2D eigenvalue weighted by molar-refractivity contribution is 9.10. The normalized spacial score (nSPS) is 12.9. The van der Waals surface area contributed by atoms with Gasteiger partial charge < -0.3 is 10.1 Å². The molecule has 0 bridgehead atoms. The number of methoxy groups -OCH3 is 1. The largest absolute Gasteiger partial charge is 0.497 e. The predicted molar refractivity (Wildman–Crippen MR) is 87.1 cm³/mol. The van der Waals surface area contributed by atoms with Crippen molar-refractivity contribution < 1.29 is 9.53 Å². The molecule has 3 nitrogen and oxygen atoms in total. The number of hydrogen-bond acceptors (Lipinski definition) is 2. The highest BCUT2D eigenvalue weighted by Gasteiger charge is 2.15. The second kappa shape index (κ2) is 5.90. The van der Waals surface area contributed by atoms with Gasteiger partial charge in [-0.05, 0) is 70.6 Å². The molecule has 2 aromatic carbocycles. The van der Waals surface area contributed by atoms with Crippen LogP contribution in [0.1, 0.15) is 27.9 Å². The summed E-state index contributed by atoms with van der Waals surface area (Å²) in [5, 5.41) is 2.93. The monoisotopic (exact) mass is 345 g/mol. The maximum Gasteiger partial charge on any atom is 0.255 e. The summed E-state index contributed by atoms with van der Waals surface area (Å²) in [6.07, 6.45) is 3.37. The Bertz CT molecular complexity index is 697. The third kappa shape index (κ3) is 2.95. The molecular weight excluding hydrogens is 330 g/mol. The average molecular weight is 346 g/mol. The van der Waals surface area contributed by atoms with Crippen LogP contribution >= 0.6 is 15.9 Å². The van der Waals surface area contributed by atoms with Gasteiger partial charge in [-0.25, -0.2) is 0 Å². The summed E-state index contributed by atoms with van der Waals surface area (Å²) in [6.45, 7) is 0. The molecule has 0 fully saturated rings. The molecule has 0 spiro atoms. The lowest BCUT2D eigenvalue weighted by Crippen LogP contribution is -2.12. The molecular formula is C17H16BrNO2. The first kappa shape index (κ1) is 14.1. The van der Waals surface area contributed by atoms with E-state index in [2.05, 4.69) is 27.3 Å². The Kier molecular flexibility index (Phi) is 3.97. The van der Waals surface area contributed by atoms with Gasteiger partial charge in [-0.2, -0.15) is 0 Å². The van der Waals surface area contributed by atoms with E-state index < -0.39 is 0 Å². The number of rotatable bonds is 3. The number of benzene rings is 2. The summed E-state index contributed by atoms with van der Waals surface area (Å²) < 4.78 is 6.02. The number of halogens is 1. The molecule has 0 atom stereocenters. The van der Waals surface area contributed by atoms with Gasteiger partial charge in [0.2, 0.25) is 0 Å². The number of aryl methyl sites for hydroxylation is 2. The van der Waals surface area contributed by atoms with Crippen LogP contribution in [-0.2, 0) is 12.8 Å². The van der Waals surface area contributed by atoms with Gasteiger partial charge in [0.25, 0.3) is 5.91 Å². The molecule has 4 heteroatoms. The number of carbonyl (C=O) groups excluding carboxylic acids is 1. The highest BCUT2D eigenvalue weighted by atomic mass is 79.9. The van der Waals surface area contributed by atoms with Crippen LogP contribution < -0.4 is 10.1 Å².